The maximum absolute atomic E-state index is 6.03. The van der Waals surface area contributed by atoms with E-state index in [1.807, 2.05) is 12.4 Å². The first-order valence-corrected chi connectivity index (χ1v) is 5.99. The summed E-state index contributed by atoms with van der Waals surface area (Å²) in [6, 6.07) is 0.408. The first-order chi connectivity index (χ1) is 6.79. The summed E-state index contributed by atoms with van der Waals surface area (Å²) in [5.41, 5.74) is 8.08. The normalized spacial score (nSPS) is 22.2. The molecule has 1 fully saturated rings. The van der Waals surface area contributed by atoms with Crippen molar-refractivity contribution in [2.45, 2.75) is 25.3 Å². The lowest BCUT2D eigenvalue weighted by molar-refractivity contribution is 0.412. The van der Waals surface area contributed by atoms with Crippen LogP contribution >= 0.6 is 22.6 Å². The molecule has 0 unspecified atom stereocenters. The molecule has 3 nitrogen and oxygen atoms in total. The van der Waals surface area contributed by atoms with Crippen LogP contribution in [0.5, 0.6) is 0 Å². The van der Waals surface area contributed by atoms with E-state index in [-0.39, 0.29) is 0 Å². The number of anilines is 1. The van der Waals surface area contributed by atoms with Crippen molar-refractivity contribution in [2.75, 3.05) is 12.3 Å². The first kappa shape index (κ1) is 10.2. The lowest BCUT2D eigenvalue weighted by Crippen LogP contribution is -2.27. The lowest BCUT2D eigenvalue weighted by atomic mass is 9.98. The summed E-state index contributed by atoms with van der Waals surface area (Å²) in [4.78, 5) is 4.19. The van der Waals surface area contributed by atoms with E-state index < -0.39 is 0 Å². The van der Waals surface area contributed by atoms with Gasteiger partial charge in [-0.15, -0.1) is 0 Å². The van der Waals surface area contributed by atoms with Crippen LogP contribution in [0.3, 0.4) is 0 Å². The Bertz CT molecular complexity index is 321. The van der Waals surface area contributed by atoms with Crippen LogP contribution in [0.15, 0.2) is 12.4 Å². The van der Waals surface area contributed by atoms with E-state index >= 15 is 0 Å². The molecule has 14 heavy (non-hydrogen) atoms. The number of nitrogens with one attached hydrogen (secondary N) is 1. The minimum atomic E-state index is 0.408. The molecular weight excluding hydrogens is 289 g/mol. The van der Waals surface area contributed by atoms with Crippen LogP contribution in [0.2, 0.25) is 0 Å². The van der Waals surface area contributed by atoms with Gasteiger partial charge in [0.1, 0.15) is 0 Å². The van der Waals surface area contributed by atoms with Crippen molar-refractivity contribution < 1.29 is 0 Å². The number of nitrogens with zero attached hydrogens (tertiary/aromatic N) is 1. The number of hydrogen-bond acceptors (Lipinski definition) is 3. The predicted molar refractivity (Wildman–Crippen MR) is 66.0 cm³/mol. The Labute approximate surface area is 97.6 Å². The Hall–Kier alpha value is -0.360. The highest BCUT2D eigenvalue weighted by Gasteiger charge is 2.17. The summed E-state index contributed by atoms with van der Waals surface area (Å²) in [7, 11) is 0. The van der Waals surface area contributed by atoms with Gasteiger partial charge in [-0.2, -0.15) is 0 Å². The third-order valence-corrected chi connectivity index (χ3v) is 3.52. The number of halogens is 1. The summed E-state index contributed by atoms with van der Waals surface area (Å²) in [5.74, 6) is 0. The first-order valence-electron chi connectivity index (χ1n) is 4.91. The minimum absolute atomic E-state index is 0.408. The molecule has 0 bridgehead atoms. The molecule has 4 heteroatoms. The second-order valence-corrected chi connectivity index (χ2v) is 4.79. The fraction of sp³-hybridized carbons (Fsp3) is 0.500. The molecule has 2 heterocycles. The van der Waals surface area contributed by atoms with Crippen molar-refractivity contribution in [3.8, 4) is 0 Å². The Morgan fingerprint density at radius 2 is 2.29 bits per heavy atom. The van der Waals surface area contributed by atoms with E-state index in [4.69, 9.17) is 5.73 Å². The van der Waals surface area contributed by atoms with Gasteiger partial charge in [0.2, 0.25) is 0 Å². The van der Waals surface area contributed by atoms with Crippen LogP contribution in [0.4, 0.5) is 5.69 Å². The highest BCUT2D eigenvalue weighted by Crippen LogP contribution is 2.28. The second kappa shape index (κ2) is 4.44. The molecule has 1 saturated heterocycles. The molecule has 0 aromatic carbocycles. The molecule has 0 aliphatic carbocycles. The molecule has 2 rings (SSSR count). The molecular formula is C10H14IN3. The van der Waals surface area contributed by atoms with Gasteiger partial charge in [-0.05, 0) is 42.0 Å². The van der Waals surface area contributed by atoms with E-state index in [0.29, 0.717) is 6.04 Å². The Morgan fingerprint density at radius 3 is 3.00 bits per heavy atom. The highest BCUT2D eigenvalue weighted by molar-refractivity contribution is 14.1. The van der Waals surface area contributed by atoms with Gasteiger partial charge in [0, 0.05) is 24.0 Å². The van der Waals surface area contributed by atoms with Crippen molar-refractivity contribution in [2.24, 2.45) is 0 Å². The Kier molecular flexibility index (Phi) is 3.22. The van der Waals surface area contributed by atoms with E-state index in [9.17, 15) is 0 Å². The molecule has 1 atom stereocenters. The van der Waals surface area contributed by atoms with Crippen LogP contribution in [0, 0.1) is 3.57 Å². The van der Waals surface area contributed by atoms with Crippen molar-refractivity contribution in [3.63, 3.8) is 0 Å². The molecule has 3 N–H and O–H groups in total. The van der Waals surface area contributed by atoms with Crippen LogP contribution in [0.1, 0.15) is 30.9 Å². The predicted octanol–water partition coefficient (Wildman–Crippen LogP) is 2.08. The molecule has 0 spiro atoms. The van der Waals surface area contributed by atoms with Crippen molar-refractivity contribution >= 4 is 28.3 Å². The molecule has 1 aliphatic rings. The fourth-order valence-corrected chi connectivity index (χ4v) is 2.33. The SMILES string of the molecule is Nc1c(I)cncc1[C@@H]1CCCCN1. The van der Waals surface area contributed by atoms with E-state index in [0.717, 1.165) is 21.4 Å². The molecule has 1 aliphatic heterocycles. The highest BCUT2D eigenvalue weighted by atomic mass is 127. The second-order valence-electron chi connectivity index (χ2n) is 3.63. The Balaban J connectivity index is 2.26. The lowest BCUT2D eigenvalue weighted by Gasteiger charge is -2.24. The van der Waals surface area contributed by atoms with E-state index in [1.165, 1.54) is 19.3 Å². The number of piperidine rings is 1. The monoisotopic (exact) mass is 303 g/mol. The number of nitrogens with two attached hydrogens (primary N) is 1. The smallest absolute Gasteiger partial charge is 0.0546 e. The van der Waals surface area contributed by atoms with Crippen LogP contribution in [-0.4, -0.2) is 11.5 Å². The van der Waals surface area contributed by atoms with Crippen molar-refractivity contribution in [1.29, 1.82) is 0 Å². The molecule has 0 amide bonds. The van der Waals surface area contributed by atoms with Crippen LogP contribution in [0.25, 0.3) is 0 Å². The van der Waals surface area contributed by atoms with Gasteiger partial charge >= 0.3 is 0 Å². The maximum Gasteiger partial charge on any atom is 0.0546 e. The van der Waals surface area contributed by atoms with Crippen molar-refractivity contribution in [3.05, 3.63) is 21.5 Å². The number of pyridine rings is 1. The van der Waals surface area contributed by atoms with E-state index in [1.54, 1.807) is 0 Å². The van der Waals surface area contributed by atoms with E-state index in [2.05, 4.69) is 32.9 Å². The number of hydrogen-bond donors (Lipinski definition) is 2. The van der Waals surface area contributed by atoms with Gasteiger partial charge in [0.15, 0.2) is 0 Å². The average molecular weight is 303 g/mol. The van der Waals surface area contributed by atoms with Crippen LogP contribution < -0.4 is 11.1 Å². The standard InChI is InChI=1S/C10H14IN3/c11-8-6-13-5-7(10(8)12)9-3-1-2-4-14-9/h5-6,9,14H,1-4H2,(H2,12,13)/t9-/m0/s1. The van der Waals surface area contributed by atoms with Gasteiger partial charge in [-0.1, -0.05) is 6.42 Å². The summed E-state index contributed by atoms with van der Waals surface area (Å²) in [6.45, 7) is 1.09. The van der Waals surface area contributed by atoms with Crippen LogP contribution in [-0.2, 0) is 0 Å². The van der Waals surface area contributed by atoms with Gasteiger partial charge in [-0.3, -0.25) is 4.98 Å². The quantitative estimate of drug-likeness (QED) is 0.781. The third kappa shape index (κ3) is 2.00. The molecule has 76 valence electrons. The summed E-state index contributed by atoms with van der Waals surface area (Å²) >= 11 is 2.23. The van der Waals surface area contributed by atoms with Gasteiger partial charge in [0.25, 0.3) is 0 Å². The topological polar surface area (TPSA) is 50.9 Å². The fourth-order valence-electron chi connectivity index (χ4n) is 1.85. The molecule has 0 saturated carbocycles. The summed E-state index contributed by atoms with van der Waals surface area (Å²) in [6.07, 6.45) is 7.42. The van der Waals surface area contributed by atoms with Gasteiger partial charge in [-0.25, -0.2) is 0 Å². The zero-order valence-corrected chi connectivity index (χ0v) is 10.1. The Morgan fingerprint density at radius 1 is 1.43 bits per heavy atom. The minimum Gasteiger partial charge on any atom is -0.398 e. The molecule has 1 aromatic rings. The molecule has 0 radical (unpaired) electrons. The number of aromatic nitrogens is 1. The van der Waals surface area contributed by atoms with Gasteiger partial charge < -0.3 is 11.1 Å². The number of nitrogen functional groups attached to an aromatic ring is 1. The largest absolute Gasteiger partial charge is 0.398 e. The third-order valence-electron chi connectivity index (χ3n) is 2.66. The maximum atomic E-state index is 6.03. The summed E-state index contributed by atoms with van der Waals surface area (Å²) < 4.78 is 1.05. The number of rotatable bonds is 1. The average Bonchev–Trinajstić information content (AvgIpc) is 2.23. The zero-order valence-electron chi connectivity index (χ0n) is 7.96. The molecule has 1 aromatic heterocycles. The van der Waals surface area contributed by atoms with Crippen molar-refractivity contribution in [1.82, 2.24) is 10.3 Å². The summed E-state index contributed by atoms with van der Waals surface area (Å²) in [5, 5.41) is 3.48. The zero-order chi connectivity index (χ0) is 9.97. The van der Waals surface area contributed by atoms with Gasteiger partial charge in [0.05, 0.1) is 9.26 Å².